The summed E-state index contributed by atoms with van der Waals surface area (Å²) in [4.78, 5) is 29.1. The van der Waals surface area contributed by atoms with Gasteiger partial charge in [-0.1, -0.05) is 59.6 Å². The van der Waals surface area contributed by atoms with Crippen molar-refractivity contribution in [2.75, 3.05) is 7.11 Å². The maximum absolute atomic E-state index is 13.4. The van der Waals surface area contributed by atoms with Crippen molar-refractivity contribution in [3.63, 3.8) is 0 Å². The number of halogens is 1. The topological polar surface area (TPSA) is 92.8 Å². The van der Waals surface area contributed by atoms with Crippen molar-refractivity contribution in [3.8, 4) is 22.6 Å². The van der Waals surface area contributed by atoms with Crippen molar-refractivity contribution in [1.82, 2.24) is 10.4 Å². The van der Waals surface area contributed by atoms with Crippen molar-refractivity contribution in [2.24, 2.45) is 5.10 Å². The molecule has 5 rings (SSSR count). The minimum absolute atomic E-state index is 0.269. The van der Waals surface area contributed by atoms with E-state index in [9.17, 15) is 9.59 Å². The van der Waals surface area contributed by atoms with Gasteiger partial charge in [-0.2, -0.15) is 5.10 Å². The van der Waals surface area contributed by atoms with Gasteiger partial charge in [-0.05, 0) is 67.4 Å². The van der Waals surface area contributed by atoms with Crippen LogP contribution in [0.3, 0.4) is 0 Å². The van der Waals surface area contributed by atoms with Gasteiger partial charge in [0.1, 0.15) is 5.69 Å². The molecule has 7 nitrogen and oxygen atoms in total. The third-order valence-corrected chi connectivity index (χ3v) is 6.73. The highest BCUT2D eigenvalue weighted by molar-refractivity contribution is 6.34. The van der Waals surface area contributed by atoms with Crippen LogP contribution in [-0.2, 0) is 0 Å². The number of aromatic amines is 1. The number of carbonyl (C=O) groups is 2. The lowest BCUT2D eigenvalue weighted by Gasteiger charge is -2.10. The normalized spacial score (nSPS) is 11.1. The van der Waals surface area contributed by atoms with Crippen LogP contribution >= 0.6 is 11.6 Å². The highest BCUT2D eigenvalue weighted by Crippen LogP contribution is 2.38. The summed E-state index contributed by atoms with van der Waals surface area (Å²) < 4.78 is 10.9. The van der Waals surface area contributed by atoms with Crippen LogP contribution in [0.15, 0.2) is 90.0 Å². The summed E-state index contributed by atoms with van der Waals surface area (Å²) in [5, 5.41) is 5.61. The van der Waals surface area contributed by atoms with E-state index in [0.717, 1.165) is 27.6 Å². The van der Waals surface area contributed by atoms with Crippen molar-refractivity contribution in [3.05, 3.63) is 118 Å². The molecule has 1 heterocycles. The molecule has 40 heavy (non-hydrogen) atoms. The Labute approximate surface area is 236 Å². The number of ether oxygens (including phenoxy) is 2. The molecule has 8 heteroatoms. The van der Waals surface area contributed by atoms with Crippen molar-refractivity contribution in [1.29, 1.82) is 0 Å². The molecule has 0 bridgehead atoms. The lowest BCUT2D eigenvalue weighted by Crippen LogP contribution is -2.19. The molecular formula is C32H26ClN3O4. The number of methoxy groups -OCH3 is 1. The van der Waals surface area contributed by atoms with Crippen LogP contribution in [-0.4, -0.2) is 30.2 Å². The Morgan fingerprint density at radius 1 is 0.925 bits per heavy atom. The van der Waals surface area contributed by atoms with E-state index >= 15 is 0 Å². The van der Waals surface area contributed by atoms with Crippen molar-refractivity contribution >= 4 is 40.6 Å². The summed E-state index contributed by atoms with van der Waals surface area (Å²) in [6.07, 6.45) is 1.48. The van der Waals surface area contributed by atoms with Gasteiger partial charge in [0.05, 0.1) is 18.9 Å². The molecule has 4 aromatic carbocycles. The Bertz CT molecular complexity index is 1760. The first kappa shape index (κ1) is 26.7. The highest BCUT2D eigenvalue weighted by atomic mass is 35.5. The second-order valence-corrected chi connectivity index (χ2v) is 9.63. The van der Waals surface area contributed by atoms with E-state index in [0.29, 0.717) is 33.2 Å². The van der Waals surface area contributed by atoms with Crippen LogP contribution < -0.4 is 14.9 Å². The zero-order valence-electron chi connectivity index (χ0n) is 22.1. The number of rotatable bonds is 7. The largest absolute Gasteiger partial charge is 0.493 e. The molecule has 0 aliphatic carbocycles. The monoisotopic (exact) mass is 551 g/mol. The summed E-state index contributed by atoms with van der Waals surface area (Å²) in [6.45, 7) is 4.01. The molecule has 1 amide bonds. The smallest absolute Gasteiger partial charge is 0.343 e. The molecule has 1 aromatic heterocycles. The summed E-state index contributed by atoms with van der Waals surface area (Å²) in [7, 11) is 1.48. The number of carbonyl (C=O) groups excluding carboxylic acids is 2. The Morgan fingerprint density at radius 3 is 2.42 bits per heavy atom. The molecule has 0 radical (unpaired) electrons. The zero-order chi connectivity index (χ0) is 28.2. The van der Waals surface area contributed by atoms with E-state index in [1.807, 2.05) is 44.2 Å². The predicted octanol–water partition coefficient (Wildman–Crippen LogP) is 7.10. The predicted molar refractivity (Wildman–Crippen MR) is 158 cm³/mol. The fraction of sp³-hybridized carbons (Fsp3) is 0.0938. The number of nitrogens with zero attached hydrogens (tertiary/aromatic N) is 1. The van der Waals surface area contributed by atoms with Crippen LogP contribution in [0.1, 0.15) is 37.5 Å². The van der Waals surface area contributed by atoms with Gasteiger partial charge in [0.15, 0.2) is 11.5 Å². The van der Waals surface area contributed by atoms with Gasteiger partial charge in [-0.15, -0.1) is 0 Å². The fourth-order valence-corrected chi connectivity index (χ4v) is 4.80. The number of benzene rings is 4. The van der Waals surface area contributed by atoms with Gasteiger partial charge in [0.25, 0.3) is 5.91 Å². The first-order valence-electron chi connectivity index (χ1n) is 12.5. The van der Waals surface area contributed by atoms with Crippen LogP contribution in [0.25, 0.3) is 22.0 Å². The Balaban J connectivity index is 1.39. The zero-order valence-corrected chi connectivity index (χ0v) is 22.9. The molecule has 2 N–H and O–H groups in total. The maximum Gasteiger partial charge on any atom is 0.343 e. The average molecular weight is 552 g/mol. The lowest BCUT2D eigenvalue weighted by molar-refractivity contribution is 0.0729. The molecule has 200 valence electrons. The van der Waals surface area contributed by atoms with Crippen LogP contribution in [0, 0.1) is 13.8 Å². The second kappa shape index (κ2) is 11.5. The van der Waals surface area contributed by atoms with Gasteiger partial charge in [-0.3, -0.25) is 4.79 Å². The summed E-state index contributed by atoms with van der Waals surface area (Å²) in [6, 6.07) is 25.2. The van der Waals surface area contributed by atoms with E-state index in [1.54, 1.807) is 48.5 Å². The third-order valence-electron chi connectivity index (χ3n) is 6.40. The molecule has 0 spiro atoms. The van der Waals surface area contributed by atoms with Gasteiger partial charge in [0.2, 0.25) is 0 Å². The second-order valence-electron chi connectivity index (χ2n) is 9.22. The standard InChI is InChI=1S/C32H26ClN3O4/c1-19-15-20(2)29-24(16-19)28(23-11-7-8-12-25(23)33)30(35-29)31(37)36-34-18-21-13-14-26(27(17-21)39-3)40-32(38)22-9-5-4-6-10-22/h4-18,35H,1-3H3,(H,36,37). The summed E-state index contributed by atoms with van der Waals surface area (Å²) in [5.74, 6) is -0.293. The molecular weight excluding hydrogens is 526 g/mol. The highest BCUT2D eigenvalue weighted by Gasteiger charge is 2.22. The minimum atomic E-state index is -0.495. The number of aromatic nitrogens is 1. The number of hydrazone groups is 1. The first-order chi connectivity index (χ1) is 19.4. The average Bonchev–Trinajstić information content (AvgIpc) is 3.34. The molecule has 0 saturated carbocycles. The van der Waals surface area contributed by atoms with E-state index < -0.39 is 11.9 Å². The lowest BCUT2D eigenvalue weighted by atomic mass is 9.99. The SMILES string of the molecule is COc1cc(C=NNC(=O)c2[nH]c3c(C)cc(C)cc3c2-c2ccccc2Cl)ccc1OC(=O)c1ccccc1. The van der Waals surface area contributed by atoms with E-state index in [2.05, 4.69) is 21.6 Å². The number of fused-ring (bicyclic) bond motifs is 1. The Morgan fingerprint density at radius 2 is 1.68 bits per heavy atom. The Kier molecular flexibility index (Phi) is 7.66. The van der Waals surface area contributed by atoms with Crippen LogP contribution in [0.2, 0.25) is 5.02 Å². The number of hydrogen-bond acceptors (Lipinski definition) is 5. The fourth-order valence-electron chi connectivity index (χ4n) is 4.57. The minimum Gasteiger partial charge on any atom is -0.493 e. The van der Waals surface area contributed by atoms with Crippen molar-refractivity contribution < 1.29 is 19.1 Å². The van der Waals surface area contributed by atoms with E-state index in [1.165, 1.54) is 13.3 Å². The molecule has 0 aliphatic rings. The third kappa shape index (κ3) is 5.46. The van der Waals surface area contributed by atoms with Gasteiger partial charge in [-0.25, -0.2) is 10.2 Å². The number of hydrogen-bond donors (Lipinski definition) is 2. The number of amides is 1. The van der Waals surface area contributed by atoms with E-state index in [-0.39, 0.29) is 5.75 Å². The van der Waals surface area contributed by atoms with Gasteiger partial charge in [0, 0.05) is 27.1 Å². The molecule has 0 fully saturated rings. The number of esters is 1. The Hall–Kier alpha value is -4.88. The van der Waals surface area contributed by atoms with Gasteiger partial charge >= 0.3 is 5.97 Å². The summed E-state index contributed by atoms with van der Waals surface area (Å²) >= 11 is 6.55. The number of H-pyrrole nitrogens is 1. The maximum atomic E-state index is 13.4. The first-order valence-corrected chi connectivity index (χ1v) is 12.9. The number of nitrogens with one attached hydrogen (secondary N) is 2. The van der Waals surface area contributed by atoms with Crippen LogP contribution in [0.5, 0.6) is 11.5 Å². The van der Waals surface area contributed by atoms with E-state index in [4.69, 9.17) is 21.1 Å². The molecule has 5 aromatic rings. The molecule has 0 saturated heterocycles. The van der Waals surface area contributed by atoms with Crippen LogP contribution in [0.4, 0.5) is 0 Å². The number of aryl methyl sites for hydroxylation is 2. The quantitative estimate of drug-likeness (QED) is 0.0976. The summed E-state index contributed by atoms with van der Waals surface area (Å²) in [5.41, 5.74) is 8.44. The molecule has 0 atom stereocenters. The molecule has 0 aliphatic heterocycles. The van der Waals surface area contributed by atoms with Gasteiger partial charge < -0.3 is 14.5 Å². The van der Waals surface area contributed by atoms with Crippen molar-refractivity contribution in [2.45, 2.75) is 13.8 Å². The molecule has 0 unspecified atom stereocenters.